The van der Waals surface area contributed by atoms with Gasteiger partial charge in [-0.15, -0.1) is 0 Å². The highest BCUT2D eigenvalue weighted by Crippen LogP contribution is 2.28. The molecule has 1 aliphatic carbocycles. The fourth-order valence-corrected chi connectivity index (χ4v) is 2.37. The van der Waals surface area contributed by atoms with Gasteiger partial charge in [0.15, 0.2) is 0 Å². The van der Waals surface area contributed by atoms with Crippen LogP contribution in [-0.2, 0) is 0 Å². The van der Waals surface area contributed by atoms with E-state index < -0.39 is 0 Å². The van der Waals surface area contributed by atoms with Gasteiger partial charge in [-0.25, -0.2) is 4.39 Å². The molecule has 0 saturated heterocycles. The van der Waals surface area contributed by atoms with E-state index in [1.165, 1.54) is 19.3 Å². The minimum atomic E-state index is -0.237. The van der Waals surface area contributed by atoms with Crippen molar-refractivity contribution < 1.29 is 4.39 Å². The van der Waals surface area contributed by atoms with Crippen LogP contribution in [-0.4, -0.2) is 19.3 Å². The minimum absolute atomic E-state index is 0.237. The van der Waals surface area contributed by atoms with Crippen LogP contribution in [0.25, 0.3) is 0 Å². The maximum absolute atomic E-state index is 11.9. The second-order valence-electron chi connectivity index (χ2n) is 4.26. The Bertz CT molecular complexity index is 117. The maximum Gasteiger partial charge on any atom is 0.102 e. The Kier molecular flexibility index (Phi) is 3.99. The molecule has 0 aromatic rings. The summed E-state index contributed by atoms with van der Waals surface area (Å²) in [7, 11) is 0. The van der Waals surface area contributed by atoms with E-state index in [1.54, 1.807) is 0 Å². The molecule has 1 fully saturated rings. The van der Waals surface area contributed by atoms with Crippen molar-refractivity contribution >= 4 is 0 Å². The smallest absolute Gasteiger partial charge is 0.102 e. The van der Waals surface area contributed by atoms with Gasteiger partial charge in [0.1, 0.15) is 6.67 Å². The average molecular weight is 173 g/mol. The maximum atomic E-state index is 11.9. The Morgan fingerprint density at radius 2 is 1.75 bits per heavy atom. The van der Waals surface area contributed by atoms with Gasteiger partial charge in [0.05, 0.1) is 0 Å². The molecule has 0 aromatic carbocycles. The number of nitrogens with one attached hydrogen (secondary N) is 1. The molecular formula is C10H20FN. The molecule has 0 spiro atoms. The van der Waals surface area contributed by atoms with E-state index in [9.17, 15) is 4.39 Å². The van der Waals surface area contributed by atoms with E-state index in [0.717, 1.165) is 11.8 Å². The topological polar surface area (TPSA) is 12.0 Å². The molecule has 0 amide bonds. The summed E-state index contributed by atoms with van der Waals surface area (Å²) in [5.74, 6) is 1.62. The Labute approximate surface area is 74.7 Å². The Morgan fingerprint density at radius 3 is 2.25 bits per heavy atom. The van der Waals surface area contributed by atoms with Crippen LogP contribution in [0.2, 0.25) is 0 Å². The molecule has 1 rings (SSSR count). The van der Waals surface area contributed by atoms with Crippen molar-refractivity contribution in [3.63, 3.8) is 0 Å². The Morgan fingerprint density at radius 1 is 1.17 bits per heavy atom. The number of alkyl halides is 1. The van der Waals surface area contributed by atoms with E-state index in [-0.39, 0.29) is 6.67 Å². The summed E-state index contributed by atoms with van der Waals surface area (Å²) in [6.45, 7) is 4.88. The summed E-state index contributed by atoms with van der Waals surface area (Å²) in [5.41, 5.74) is 0. The van der Waals surface area contributed by atoms with Crippen LogP contribution >= 0.6 is 0 Å². The first-order chi connectivity index (χ1) is 5.72. The quantitative estimate of drug-likeness (QED) is 0.691. The van der Waals surface area contributed by atoms with Gasteiger partial charge in [-0.2, -0.15) is 0 Å². The molecule has 12 heavy (non-hydrogen) atoms. The predicted molar refractivity (Wildman–Crippen MR) is 49.9 cm³/mol. The molecular weight excluding hydrogens is 153 g/mol. The van der Waals surface area contributed by atoms with Crippen molar-refractivity contribution in [1.29, 1.82) is 0 Å². The van der Waals surface area contributed by atoms with Crippen LogP contribution in [0.15, 0.2) is 0 Å². The summed E-state index contributed by atoms with van der Waals surface area (Å²) in [5, 5.41) is 3.26. The van der Waals surface area contributed by atoms with Gasteiger partial charge in [0.25, 0.3) is 0 Å². The molecule has 2 heteroatoms. The number of hydrogen-bond donors (Lipinski definition) is 1. The van der Waals surface area contributed by atoms with Gasteiger partial charge in [0.2, 0.25) is 0 Å². The zero-order chi connectivity index (χ0) is 8.97. The fourth-order valence-electron chi connectivity index (χ4n) is 2.37. The third-order valence-electron chi connectivity index (χ3n) is 2.71. The molecule has 1 saturated carbocycles. The lowest BCUT2D eigenvalue weighted by atomic mass is 9.80. The summed E-state index contributed by atoms with van der Waals surface area (Å²) in [6, 6.07) is 0.569. The molecule has 0 aliphatic heterocycles. The first kappa shape index (κ1) is 9.97. The molecule has 0 radical (unpaired) electrons. The van der Waals surface area contributed by atoms with Gasteiger partial charge in [-0.05, 0) is 31.1 Å². The lowest BCUT2D eigenvalue weighted by molar-refractivity contribution is 0.235. The average Bonchev–Trinajstić information content (AvgIpc) is 1.99. The van der Waals surface area contributed by atoms with E-state index in [1.807, 2.05) is 0 Å². The predicted octanol–water partition coefficient (Wildman–Crippen LogP) is 2.37. The van der Waals surface area contributed by atoms with Crippen molar-refractivity contribution in [2.24, 2.45) is 11.8 Å². The molecule has 0 bridgehead atoms. The SMILES string of the molecule is CC1CC(C)CC(NCCF)C1. The minimum Gasteiger partial charge on any atom is -0.311 e. The highest BCUT2D eigenvalue weighted by atomic mass is 19.1. The first-order valence-corrected chi connectivity index (χ1v) is 5.01. The normalized spacial score (nSPS) is 36.8. The summed E-state index contributed by atoms with van der Waals surface area (Å²) < 4.78 is 11.9. The van der Waals surface area contributed by atoms with Crippen LogP contribution in [0.5, 0.6) is 0 Å². The van der Waals surface area contributed by atoms with Crippen molar-refractivity contribution in [2.75, 3.05) is 13.2 Å². The number of rotatable bonds is 3. The first-order valence-electron chi connectivity index (χ1n) is 5.01. The number of halogens is 1. The second-order valence-corrected chi connectivity index (χ2v) is 4.26. The van der Waals surface area contributed by atoms with Crippen LogP contribution in [0.1, 0.15) is 33.1 Å². The van der Waals surface area contributed by atoms with Crippen molar-refractivity contribution in [3.05, 3.63) is 0 Å². The van der Waals surface area contributed by atoms with Gasteiger partial charge in [-0.1, -0.05) is 13.8 Å². The highest BCUT2D eigenvalue weighted by Gasteiger charge is 2.22. The molecule has 0 heterocycles. The molecule has 1 aliphatic rings. The molecule has 1 nitrogen and oxygen atoms in total. The van der Waals surface area contributed by atoms with Crippen LogP contribution in [0, 0.1) is 11.8 Å². The van der Waals surface area contributed by atoms with E-state index >= 15 is 0 Å². The summed E-state index contributed by atoms with van der Waals surface area (Å²) in [6.07, 6.45) is 3.79. The summed E-state index contributed by atoms with van der Waals surface area (Å²) >= 11 is 0. The Balaban J connectivity index is 2.24. The van der Waals surface area contributed by atoms with Gasteiger partial charge < -0.3 is 5.32 Å². The lowest BCUT2D eigenvalue weighted by Gasteiger charge is -2.31. The molecule has 1 N–H and O–H groups in total. The third-order valence-corrected chi connectivity index (χ3v) is 2.71. The molecule has 0 aromatic heterocycles. The standard InChI is InChI=1S/C10H20FN/c1-8-5-9(2)7-10(6-8)12-4-3-11/h8-10,12H,3-7H2,1-2H3. The van der Waals surface area contributed by atoms with Crippen LogP contribution in [0.3, 0.4) is 0 Å². The molecule has 2 unspecified atom stereocenters. The second kappa shape index (κ2) is 4.80. The zero-order valence-electron chi connectivity index (χ0n) is 8.15. The lowest BCUT2D eigenvalue weighted by Crippen LogP contribution is -2.37. The zero-order valence-corrected chi connectivity index (χ0v) is 8.15. The van der Waals surface area contributed by atoms with Crippen LogP contribution in [0.4, 0.5) is 4.39 Å². The molecule has 72 valence electrons. The van der Waals surface area contributed by atoms with Crippen molar-refractivity contribution in [3.8, 4) is 0 Å². The highest BCUT2D eigenvalue weighted by molar-refractivity contribution is 4.79. The van der Waals surface area contributed by atoms with Gasteiger partial charge in [-0.3, -0.25) is 0 Å². The van der Waals surface area contributed by atoms with E-state index in [2.05, 4.69) is 19.2 Å². The van der Waals surface area contributed by atoms with Crippen molar-refractivity contribution in [1.82, 2.24) is 5.32 Å². The monoisotopic (exact) mass is 173 g/mol. The van der Waals surface area contributed by atoms with Crippen molar-refractivity contribution in [2.45, 2.75) is 39.2 Å². The van der Waals surface area contributed by atoms with Gasteiger partial charge in [0, 0.05) is 12.6 Å². The van der Waals surface area contributed by atoms with E-state index in [4.69, 9.17) is 0 Å². The number of hydrogen-bond acceptors (Lipinski definition) is 1. The summed E-state index contributed by atoms with van der Waals surface area (Å²) in [4.78, 5) is 0. The Hall–Kier alpha value is -0.110. The third kappa shape index (κ3) is 3.10. The van der Waals surface area contributed by atoms with Gasteiger partial charge >= 0.3 is 0 Å². The fraction of sp³-hybridized carbons (Fsp3) is 1.00. The van der Waals surface area contributed by atoms with Crippen LogP contribution < -0.4 is 5.32 Å². The molecule has 2 atom stereocenters. The largest absolute Gasteiger partial charge is 0.311 e. The van der Waals surface area contributed by atoms with E-state index in [0.29, 0.717) is 12.6 Å².